The topological polar surface area (TPSA) is 83.5 Å². The number of aliphatic carboxylic acids is 1. The predicted molar refractivity (Wildman–Crippen MR) is 77.2 cm³/mol. The summed E-state index contributed by atoms with van der Waals surface area (Å²) in [6.07, 6.45) is 0.756. The minimum atomic E-state index is -0.877. The Morgan fingerprint density at radius 1 is 1.20 bits per heavy atom. The Bertz CT molecular complexity index is 507. The van der Waals surface area contributed by atoms with Crippen LogP contribution in [0.4, 0.5) is 0 Å². The van der Waals surface area contributed by atoms with E-state index in [-0.39, 0.29) is 31.0 Å². The van der Waals surface area contributed by atoms with Crippen molar-refractivity contribution in [1.29, 1.82) is 0 Å². The monoisotopic (exact) mass is 297 g/mol. The zero-order valence-electron chi connectivity index (χ0n) is 11.7. The lowest BCUT2D eigenvalue weighted by atomic mass is 10.1. The van der Waals surface area contributed by atoms with Crippen molar-refractivity contribution in [1.82, 2.24) is 5.32 Å². The summed E-state index contributed by atoms with van der Waals surface area (Å²) in [7, 11) is 0. The molecule has 110 valence electrons. The SMILES string of the molecule is Cc1cc(C(=O)CCC(=O)NCCCC(=O)O)c(C)s1. The number of thiophene rings is 1. The van der Waals surface area contributed by atoms with Crippen molar-refractivity contribution in [2.45, 2.75) is 39.5 Å². The highest BCUT2D eigenvalue weighted by atomic mass is 32.1. The first kappa shape index (κ1) is 16.4. The molecule has 1 aromatic rings. The maximum absolute atomic E-state index is 12.0. The number of aryl methyl sites for hydroxylation is 2. The molecule has 0 radical (unpaired) electrons. The average molecular weight is 297 g/mol. The first-order valence-corrected chi connectivity index (χ1v) is 7.30. The summed E-state index contributed by atoms with van der Waals surface area (Å²) in [5.41, 5.74) is 0.700. The molecule has 0 saturated heterocycles. The second-order valence-electron chi connectivity index (χ2n) is 4.60. The zero-order chi connectivity index (χ0) is 15.1. The molecule has 0 bridgehead atoms. The third-order valence-electron chi connectivity index (χ3n) is 2.81. The average Bonchev–Trinajstić information content (AvgIpc) is 2.70. The number of ketones is 1. The number of carboxylic acids is 1. The van der Waals surface area contributed by atoms with Crippen molar-refractivity contribution in [3.05, 3.63) is 21.4 Å². The number of carbonyl (C=O) groups excluding carboxylic acids is 2. The number of hydrogen-bond acceptors (Lipinski definition) is 4. The minimum absolute atomic E-state index is 0.0208. The van der Waals surface area contributed by atoms with Gasteiger partial charge in [-0.15, -0.1) is 11.3 Å². The Kier molecular flexibility index (Phi) is 6.38. The van der Waals surface area contributed by atoms with Crippen LogP contribution in [0.3, 0.4) is 0 Å². The molecule has 0 aliphatic heterocycles. The minimum Gasteiger partial charge on any atom is -0.481 e. The van der Waals surface area contributed by atoms with E-state index in [2.05, 4.69) is 5.32 Å². The summed E-state index contributed by atoms with van der Waals surface area (Å²) in [5, 5.41) is 11.1. The highest BCUT2D eigenvalue weighted by Gasteiger charge is 2.13. The van der Waals surface area contributed by atoms with E-state index < -0.39 is 5.97 Å². The number of rotatable bonds is 8. The van der Waals surface area contributed by atoms with Crippen LogP contribution in [0.25, 0.3) is 0 Å². The third kappa shape index (κ3) is 5.52. The van der Waals surface area contributed by atoms with Gasteiger partial charge in [-0.25, -0.2) is 0 Å². The van der Waals surface area contributed by atoms with Crippen LogP contribution in [0.2, 0.25) is 0 Å². The summed E-state index contributed by atoms with van der Waals surface area (Å²) < 4.78 is 0. The van der Waals surface area contributed by atoms with Gasteiger partial charge in [0.05, 0.1) is 0 Å². The predicted octanol–water partition coefficient (Wildman–Crippen LogP) is 2.31. The van der Waals surface area contributed by atoms with Crippen molar-refractivity contribution in [2.75, 3.05) is 6.54 Å². The van der Waals surface area contributed by atoms with Crippen LogP contribution in [-0.2, 0) is 9.59 Å². The fraction of sp³-hybridized carbons (Fsp3) is 0.500. The molecule has 0 aromatic carbocycles. The Hall–Kier alpha value is -1.69. The van der Waals surface area contributed by atoms with Gasteiger partial charge in [0.1, 0.15) is 0 Å². The van der Waals surface area contributed by atoms with E-state index in [0.29, 0.717) is 18.5 Å². The fourth-order valence-corrected chi connectivity index (χ4v) is 2.77. The number of hydrogen-bond donors (Lipinski definition) is 2. The lowest BCUT2D eigenvalue weighted by molar-refractivity contribution is -0.137. The van der Waals surface area contributed by atoms with Gasteiger partial charge < -0.3 is 10.4 Å². The van der Waals surface area contributed by atoms with Crippen molar-refractivity contribution in [3.8, 4) is 0 Å². The molecule has 0 saturated carbocycles. The first-order valence-electron chi connectivity index (χ1n) is 6.49. The lowest BCUT2D eigenvalue weighted by Gasteiger charge is -2.04. The van der Waals surface area contributed by atoms with Crippen molar-refractivity contribution >= 4 is 29.0 Å². The van der Waals surface area contributed by atoms with E-state index in [4.69, 9.17) is 5.11 Å². The number of carboxylic acid groups (broad SMARTS) is 1. The van der Waals surface area contributed by atoms with Crippen LogP contribution in [0, 0.1) is 13.8 Å². The Balaban J connectivity index is 2.29. The second-order valence-corrected chi connectivity index (χ2v) is 6.06. The van der Waals surface area contributed by atoms with Crippen LogP contribution in [0.15, 0.2) is 6.07 Å². The molecule has 0 aliphatic carbocycles. The number of amides is 1. The largest absolute Gasteiger partial charge is 0.481 e. The van der Waals surface area contributed by atoms with Crippen LogP contribution in [-0.4, -0.2) is 29.3 Å². The van der Waals surface area contributed by atoms with Crippen LogP contribution >= 0.6 is 11.3 Å². The molecule has 5 nitrogen and oxygen atoms in total. The molecule has 0 fully saturated rings. The first-order chi connectivity index (χ1) is 9.40. The quantitative estimate of drug-likeness (QED) is 0.569. The summed E-state index contributed by atoms with van der Waals surface area (Å²) in [6.45, 7) is 4.18. The molecule has 1 aromatic heterocycles. The summed E-state index contributed by atoms with van der Waals surface area (Å²) in [6, 6.07) is 1.85. The third-order valence-corrected chi connectivity index (χ3v) is 3.78. The number of nitrogens with one attached hydrogen (secondary N) is 1. The summed E-state index contributed by atoms with van der Waals surface area (Å²) >= 11 is 1.57. The maximum atomic E-state index is 12.0. The molecule has 1 amide bonds. The van der Waals surface area contributed by atoms with Crippen LogP contribution in [0.5, 0.6) is 0 Å². The molecule has 1 rings (SSSR count). The van der Waals surface area contributed by atoms with Gasteiger partial charge in [0.15, 0.2) is 5.78 Å². The zero-order valence-corrected chi connectivity index (χ0v) is 12.5. The molecule has 0 atom stereocenters. The number of carbonyl (C=O) groups is 3. The van der Waals surface area contributed by atoms with E-state index in [9.17, 15) is 14.4 Å². The molecule has 20 heavy (non-hydrogen) atoms. The second kappa shape index (κ2) is 7.79. The molecule has 1 heterocycles. The maximum Gasteiger partial charge on any atom is 0.303 e. The Morgan fingerprint density at radius 3 is 2.45 bits per heavy atom. The summed E-state index contributed by atoms with van der Waals surface area (Å²) in [4.78, 5) is 35.8. The fourth-order valence-electron chi connectivity index (χ4n) is 1.83. The van der Waals surface area contributed by atoms with Crippen molar-refractivity contribution in [3.63, 3.8) is 0 Å². The standard InChI is InChI=1S/C14H19NO4S/c1-9-8-11(10(2)20-9)12(16)5-6-13(17)15-7-3-4-14(18)19/h8H,3-7H2,1-2H3,(H,15,17)(H,18,19). The molecule has 2 N–H and O–H groups in total. The smallest absolute Gasteiger partial charge is 0.303 e. The molecule has 0 spiro atoms. The Labute approximate surface area is 122 Å². The van der Waals surface area contributed by atoms with E-state index in [1.165, 1.54) is 0 Å². The Morgan fingerprint density at radius 2 is 1.90 bits per heavy atom. The highest BCUT2D eigenvalue weighted by molar-refractivity contribution is 7.12. The van der Waals surface area contributed by atoms with E-state index in [0.717, 1.165) is 9.75 Å². The van der Waals surface area contributed by atoms with Gasteiger partial charge >= 0.3 is 5.97 Å². The van der Waals surface area contributed by atoms with Gasteiger partial charge in [0.2, 0.25) is 5.91 Å². The lowest BCUT2D eigenvalue weighted by Crippen LogP contribution is -2.25. The summed E-state index contributed by atoms with van der Waals surface area (Å²) in [5.74, 6) is -1.11. The van der Waals surface area contributed by atoms with Crippen LogP contribution in [0.1, 0.15) is 45.8 Å². The van der Waals surface area contributed by atoms with Gasteiger partial charge in [0, 0.05) is 41.1 Å². The van der Waals surface area contributed by atoms with E-state index in [1.54, 1.807) is 11.3 Å². The van der Waals surface area contributed by atoms with E-state index >= 15 is 0 Å². The van der Waals surface area contributed by atoms with Crippen LogP contribution < -0.4 is 5.32 Å². The van der Waals surface area contributed by atoms with Gasteiger partial charge in [0.25, 0.3) is 0 Å². The van der Waals surface area contributed by atoms with Gasteiger partial charge in [-0.2, -0.15) is 0 Å². The van der Waals surface area contributed by atoms with Crippen molar-refractivity contribution < 1.29 is 19.5 Å². The molecule has 0 unspecified atom stereocenters. The highest BCUT2D eigenvalue weighted by Crippen LogP contribution is 2.22. The molecular formula is C14H19NO4S. The molecular weight excluding hydrogens is 278 g/mol. The molecule has 6 heteroatoms. The van der Waals surface area contributed by atoms with Crippen molar-refractivity contribution in [2.24, 2.45) is 0 Å². The van der Waals surface area contributed by atoms with Gasteiger partial charge in [-0.05, 0) is 26.3 Å². The normalized spacial score (nSPS) is 10.3. The molecule has 0 aliphatic rings. The van der Waals surface area contributed by atoms with Gasteiger partial charge in [-0.3, -0.25) is 14.4 Å². The van der Waals surface area contributed by atoms with Gasteiger partial charge in [-0.1, -0.05) is 0 Å². The van der Waals surface area contributed by atoms with E-state index in [1.807, 2.05) is 19.9 Å². The number of Topliss-reactive ketones (excluding diaryl/α,β-unsaturated/α-hetero) is 1.